The molecule has 0 spiro atoms. The average molecular weight is 245 g/mol. The lowest BCUT2D eigenvalue weighted by atomic mass is 10.0. The number of pyridine rings is 1. The molecule has 4 nitrogen and oxygen atoms in total. The highest BCUT2D eigenvalue weighted by Gasteiger charge is 2.28. The van der Waals surface area contributed by atoms with Crippen molar-refractivity contribution in [3.63, 3.8) is 0 Å². The number of nitrogens with zero attached hydrogens (tertiary/aromatic N) is 1. The third-order valence-electron chi connectivity index (χ3n) is 3.03. The molecule has 1 fully saturated rings. The number of rotatable bonds is 1. The van der Waals surface area contributed by atoms with Gasteiger partial charge in [0.25, 0.3) is 0 Å². The fraction of sp³-hybridized carbons (Fsp3) is 0.429. The van der Waals surface area contributed by atoms with E-state index in [0.29, 0.717) is 24.1 Å². The smallest absolute Gasteiger partial charge is 0.338 e. The molecule has 0 unspecified atom stereocenters. The van der Waals surface area contributed by atoms with Crippen LogP contribution in [0.5, 0.6) is 0 Å². The van der Waals surface area contributed by atoms with E-state index < -0.39 is 11.6 Å². The predicted molar refractivity (Wildman–Crippen MR) is 65.9 cm³/mol. The zero-order chi connectivity index (χ0) is 13.0. The minimum Gasteiger partial charge on any atom is -0.465 e. The number of aromatic nitrogens is 1. The maximum Gasteiger partial charge on any atom is 0.338 e. The molecule has 0 atom stereocenters. The van der Waals surface area contributed by atoms with E-state index in [1.807, 2.05) is 0 Å². The molecule has 0 amide bonds. The Labute approximate surface area is 106 Å². The third-order valence-corrected chi connectivity index (χ3v) is 3.03. The second-order valence-corrected chi connectivity index (χ2v) is 4.41. The molecule has 0 aromatic carbocycles. The van der Waals surface area contributed by atoms with Crippen molar-refractivity contribution < 1.29 is 14.6 Å². The highest BCUT2D eigenvalue weighted by molar-refractivity contribution is 5.89. The number of methoxy groups -OCH3 is 1. The van der Waals surface area contributed by atoms with Gasteiger partial charge in [-0.25, -0.2) is 9.78 Å². The Morgan fingerprint density at radius 3 is 2.89 bits per heavy atom. The summed E-state index contributed by atoms with van der Waals surface area (Å²) in [6.45, 7) is 0. The lowest BCUT2D eigenvalue weighted by molar-refractivity contribution is 0.0600. The molecule has 18 heavy (non-hydrogen) atoms. The minimum absolute atomic E-state index is 0.412. The van der Waals surface area contributed by atoms with Gasteiger partial charge in [-0.2, -0.15) is 0 Å². The van der Waals surface area contributed by atoms with Gasteiger partial charge in [-0.1, -0.05) is 5.92 Å². The van der Waals surface area contributed by atoms with E-state index in [1.165, 1.54) is 13.3 Å². The van der Waals surface area contributed by atoms with Gasteiger partial charge in [0.2, 0.25) is 0 Å². The molecule has 1 saturated carbocycles. The van der Waals surface area contributed by atoms with Crippen LogP contribution in [0.15, 0.2) is 18.3 Å². The van der Waals surface area contributed by atoms with E-state index in [4.69, 9.17) is 0 Å². The maximum atomic E-state index is 11.3. The van der Waals surface area contributed by atoms with E-state index in [-0.39, 0.29) is 0 Å². The zero-order valence-corrected chi connectivity index (χ0v) is 10.3. The standard InChI is InChI=1S/C14H15NO3/c1-18-13(16)11-5-9-15-12(10-11)4-8-14(17)6-2-3-7-14/h5,9-10,17H,2-3,6-7H2,1H3. The van der Waals surface area contributed by atoms with Crippen LogP contribution in [0, 0.1) is 11.8 Å². The van der Waals surface area contributed by atoms with Gasteiger partial charge in [-0.05, 0) is 43.7 Å². The Hall–Kier alpha value is -1.86. The molecule has 0 bridgehead atoms. The van der Waals surface area contributed by atoms with Crippen molar-refractivity contribution in [2.24, 2.45) is 0 Å². The Kier molecular flexibility index (Phi) is 3.63. The molecule has 0 radical (unpaired) electrons. The highest BCUT2D eigenvalue weighted by Crippen LogP contribution is 2.28. The molecular weight excluding hydrogens is 230 g/mol. The van der Waals surface area contributed by atoms with Gasteiger partial charge in [-0.15, -0.1) is 0 Å². The molecule has 1 heterocycles. The summed E-state index contributed by atoms with van der Waals surface area (Å²) in [6, 6.07) is 3.14. The van der Waals surface area contributed by atoms with Crippen molar-refractivity contribution in [1.29, 1.82) is 0 Å². The molecule has 1 N–H and O–H groups in total. The van der Waals surface area contributed by atoms with Gasteiger partial charge in [-0.3, -0.25) is 0 Å². The summed E-state index contributed by atoms with van der Waals surface area (Å²) in [7, 11) is 1.33. The van der Waals surface area contributed by atoms with Crippen LogP contribution in [-0.2, 0) is 4.74 Å². The van der Waals surface area contributed by atoms with Gasteiger partial charge in [0, 0.05) is 6.20 Å². The fourth-order valence-corrected chi connectivity index (χ4v) is 2.01. The van der Waals surface area contributed by atoms with Crippen LogP contribution in [-0.4, -0.2) is 28.8 Å². The summed E-state index contributed by atoms with van der Waals surface area (Å²) < 4.78 is 4.62. The molecule has 94 valence electrons. The quantitative estimate of drug-likeness (QED) is 0.602. The Bertz CT molecular complexity index is 507. The van der Waals surface area contributed by atoms with Crippen molar-refractivity contribution in [3.8, 4) is 11.8 Å². The first kappa shape index (κ1) is 12.6. The van der Waals surface area contributed by atoms with Gasteiger partial charge >= 0.3 is 5.97 Å². The number of aliphatic hydroxyl groups is 1. The van der Waals surface area contributed by atoms with Crippen molar-refractivity contribution in [2.75, 3.05) is 7.11 Å². The van der Waals surface area contributed by atoms with Gasteiger partial charge in [0.15, 0.2) is 0 Å². The Morgan fingerprint density at radius 2 is 2.22 bits per heavy atom. The topological polar surface area (TPSA) is 59.4 Å². The molecule has 1 aliphatic rings. The van der Waals surface area contributed by atoms with Crippen LogP contribution in [0.2, 0.25) is 0 Å². The first-order valence-corrected chi connectivity index (χ1v) is 5.93. The molecule has 0 saturated heterocycles. The SMILES string of the molecule is COC(=O)c1ccnc(C#CC2(O)CCCC2)c1. The van der Waals surface area contributed by atoms with Gasteiger partial charge in [0.1, 0.15) is 11.3 Å². The van der Waals surface area contributed by atoms with Crippen molar-refractivity contribution in [2.45, 2.75) is 31.3 Å². The molecule has 0 aliphatic heterocycles. The molecular formula is C14H15NO3. The van der Waals surface area contributed by atoms with Crippen molar-refractivity contribution in [1.82, 2.24) is 4.98 Å². The van der Waals surface area contributed by atoms with Crippen molar-refractivity contribution >= 4 is 5.97 Å². The lowest BCUT2D eigenvalue weighted by Crippen LogP contribution is -2.20. The number of hydrogen-bond acceptors (Lipinski definition) is 4. The lowest BCUT2D eigenvalue weighted by Gasteiger charge is -2.12. The van der Waals surface area contributed by atoms with E-state index in [9.17, 15) is 9.90 Å². The monoisotopic (exact) mass is 245 g/mol. The Morgan fingerprint density at radius 1 is 1.50 bits per heavy atom. The van der Waals surface area contributed by atoms with Crippen LogP contribution in [0.1, 0.15) is 41.7 Å². The number of carbonyl (C=O) groups excluding carboxylic acids is 1. The van der Waals surface area contributed by atoms with Gasteiger partial charge < -0.3 is 9.84 Å². The first-order valence-electron chi connectivity index (χ1n) is 5.93. The molecule has 1 aliphatic carbocycles. The molecule has 1 aromatic rings. The number of esters is 1. The largest absolute Gasteiger partial charge is 0.465 e. The number of hydrogen-bond donors (Lipinski definition) is 1. The Balaban J connectivity index is 2.19. The molecule has 1 aromatic heterocycles. The zero-order valence-electron chi connectivity index (χ0n) is 10.3. The number of carbonyl (C=O) groups is 1. The second-order valence-electron chi connectivity index (χ2n) is 4.41. The van der Waals surface area contributed by atoms with Crippen LogP contribution in [0.3, 0.4) is 0 Å². The van der Waals surface area contributed by atoms with E-state index >= 15 is 0 Å². The van der Waals surface area contributed by atoms with Crippen LogP contribution in [0.25, 0.3) is 0 Å². The first-order chi connectivity index (χ1) is 8.63. The van der Waals surface area contributed by atoms with Gasteiger partial charge in [0.05, 0.1) is 12.7 Å². The van der Waals surface area contributed by atoms with Crippen molar-refractivity contribution in [3.05, 3.63) is 29.6 Å². The molecule has 2 rings (SSSR count). The van der Waals surface area contributed by atoms with E-state index in [1.54, 1.807) is 12.1 Å². The summed E-state index contributed by atoms with van der Waals surface area (Å²) in [5, 5.41) is 10.1. The second kappa shape index (κ2) is 5.19. The number of ether oxygens (including phenoxy) is 1. The third kappa shape index (κ3) is 2.88. The predicted octanol–water partition coefficient (Wildman–Crippen LogP) is 1.52. The van der Waals surface area contributed by atoms with E-state index in [2.05, 4.69) is 21.6 Å². The summed E-state index contributed by atoms with van der Waals surface area (Å²) in [5.74, 6) is 5.26. The fourth-order valence-electron chi connectivity index (χ4n) is 2.01. The summed E-state index contributed by atoms with van der Waals surface area (Å²) in [6.07, 6.45) is 4.92. The minimum atomic E-state index is -0.886. The summed E-state index contributed by atoms with van der Waals surface area (Å²) in [5.41, 5.74) is -0.00315. The maximum absolute atomic E-state index is 11.3. The summed E-state index contributed by atoms with van der Waals surface area (Å²) >= 11 is 0. The van der Waals surface area contributed by atoms with E-state index in [0.717, 1.165) is 12.8 Å². The van der Waals surface area contributed by atoms with Crippen LogP contribution >= 0.6 is 0 Å². The average Bonchev–Trinajstić information content (AvgIpc) is 2.83. The van der Waals surface area contributed by atoms with Crippen LogP contribution < -0.4 is 0 Å². The summed E-state index contributed by atoms with van der Waals surface area (Å²) in [4.78, 5) is 15.4. The highest BCUT2D eigenvalue weighted by atomic mass is 16.5. The molecule has 4 heteroatoms. The normalized spacial score (nSPS) is 16.8. The van der Waals surface area contributed by atoms with Crippen LogP contribution in [0.4, 0.5) is 0 Å².